The number of nitriles is 1. The lowest BCUT2D eigenvalue weighted by Gasteiger charge is -2.22. The summed E-state index contributed by atoms with van der Waals surface area (Å²) in [5, 5.41) is 12.0. The molecule has 0 aliphatic heterocycles. The Morgan fingerprint density at radius 3 is 2.54 bits per heavy atom. The van der Waals surface area contributed by atoms with E-state index >= 15 is 0 Å². The minimum atomic E-state index is 0.0358. The molecule has 0 fully saturated rings. The van der Waals surface area contributed by atoms with Gasteiger partial charge in [-0.3, -0.25) is 0 Å². The maximum absolute atomic E-state index is 8.68. The zero-order chi connectivity index (χ0) is 9.90. The van der Waals surface area contributed by atoms with E-state index in [-0.39, 0.29) is 5.54 Å². The van der Waals surface area contributed by atoms with Crippen molar-refractivity contribution in [2.24, 2.45) is 0 Å². The van der Waals surface area contributed by atoms with Gasteiger partial charge in [-0.25, -0.2) is 0 Å². The maximum Gasteiger partial charge on any atom is 0.0992 e. The average molecular weight is 174 g/mol. The molecule has 0 bridgehead atoms. The smallest absolute Gasteiger partial charge is 0.0992 e. The lowest BCUT2D eigenvalue weighted by Crippen LogP contribution is -2.25. The summed E-state index contributed by atoms with van der Waals surface area (Å²) in [4.78, 5) is 0. The first kappa shape index (κ1) is 9.60. The molecule has 0 radical (unpaired) electrons. The highest BCUT2D eigenvalue weighted by Crippen LogP contribution is 2.15. The Morgan fingerprint density at radius 1 is 1.31 bits per heavy atom. The molecule has 1 aromatic rings. The van der Waals surface area contributed by atoms with Crippen LogP contribution in [0.25, 0.3) is 0 Å². The first-order chi connectivity index (χ1) is 6.01. The summed E-state index contributed by atoms with van der Waals surface area (Å²) in [6, 6.07) is 9.61. The second-order valence-electron chi connectivity index (χ2n) is 4.07. The zero-order valence-electron chi connectivity index (χ0n) is 8.26. The Morgan fingerprint density at radius 2 is 2.00 bits per heavy atom. The normalized spacial score (nSPS) is 10.6. The van der Waals surface area contributed by atoms with Crippen molar-refractivity contribution in [3.8, 4) is 6.07 Å². The van der Waals surface area contributed by atoms with Gasteiger partial charge in [0.2, 0.25) is 0 Å². The van der Waals surface area contributed by atoms with E-state index in [1.807, 2.05) is 18.2 Å². The first-order valence-electron chi connectivity index (χ1n) is 4.29. The van der Waals surface area contributed by atoms with Crippen molar-refractivity contribution in [3.05, 3.63) is 29.8 Å². The SMILES string of the molecule is CC(C)(C)Nc1cccc(C#N)c1. The highest BCUT2D eigenvalue weighted by atomic mass is 14.9. The van der Waals surface area contributed by atoms with Crippen molar-refractivity contribution < 1.29 is 0 Å². The molecule has 1 N–H and O–H groups in total. The number of hydrogen-bond acceptors (Lipinski definition) is 2. The van der Waals surface area contributed by atoms with Crippen molar-refractivity contribution in [3.63, 3.8) is 0 Å². The van der Waals surface area contributed by atoms with Crippen LogP contribution in [-0.2, 0) is 0 Å². The number of hydrogen-bond donors (Lipinski definition) is 1. The molecule has 0 unspecified atom stereocenters. The topological polar surface area (TPSA) is 35.8 Å². The summed E-state index contributed by atoms with van der Waals surface area (Å²) in [6.45, 7) is 6.27. The summed E-state index contributed by atoms with van der Waals surface area (Å²) < 4.78 is 0. The molecule has 0 spiro atoms. The summed E-state index contributed by atoms with van der Waals surface area (Å²) >= 11 is 0. The van der Waals surface area contributed by atoms with E-state index in [1.165, 1.54) is 0 Å². The molecule has 0 saturated heterocycles. The van der Waals surface area contributed by atoms with Gasteiger partial charge in [0.05, 0.1) is 11.6 Å². The molecule has 1 aromatic carbocycles. The number of anilines is 1. The Bertz CT molecular complexity index is 329. The van der Waals surface area contributed by atoms with Crippen molar-refractivity contribution in [1.82, 2.24) is 0 Å². The van der Waals surface area contributed by atoms with Gasteiger partial charge < -0.3 is 5.32 Å². The van der Waals surface area contributed by atoms with Gasteiger partial charge in [-0.2, -0.15) is 5.26 Å². The Labute approximate surface area is 79.2 Å². The van der Waals surface area contributed by atoms with Crippen LogP contribution in [0.4, 0.5) is 5.69 Å². The predicted molar refractivity (Wildman–Crippen MR) is 54.5 cm³/mol. The molecule has 0 aromatic heterocycles. The van der Waals surface area contributed by atoms with E-state index in [1.54, 1.807) is 6.07 Å². The quantitative estimate of drug-likeness (QED) is 0.710. The molecular formula is C11H14N2. The fourth-order valence-electron chi connectivity index (χ4n) is 1.10. The molecule has 0 aliphatic rings. The second kappa shape index (κ2) is 3.49. The van der Waals surface area contributed by atoms with Crippen molar-refractivity contribution in [1.29, 1.82) is 5.26 Å². The Kier molecular flexibility index (Phi) is 2.57. The maximum atomic E-state index is 8.68. The predicted octanol–water partition coefficient (Wildman–Crippen LogP) is 2.77. The van der Waals surface area contributed by atoms with Gasteiger partial charge in [0.1, 0.15) is 0 Å². The third-order valence-electron chi connectivity index (χ3n) is 1.51. The first-order valence-corrected chi connectivity index (χ1v) is 4.29. The molecule has 2 heteroatoms. The molecule has 0 amide bonds. The van der Waals surface area contributed by atoms with E-state index < -0.39 is 0 Å². The van der Waals surface area contributed by atoms with Gasteiger partial charge in [0, 0.05) is 11.2 Å². The monoisotopic (exact) mass is 174 g/mol. The van der Waals surface area contributed by atoms with Gasteiger partial charge in [-0.15, -0.1) is 0 Å². The Hall–Kier alpha value is -1.49. The van der Waals surface area contributed by atoms with Crippen LogP contribution < -0.4 is 5.32 Å². The fourth-order valence-corrected chi connectivity index (χ4v) is 1.10. The van der Waals surface area contributed by atoms with Crippen LogP contribution >= 0.6 is 0 Å². The molecule has 0 heterocycles. The van der Waals surface area contributed by atoms with Crippen LogP contribution in [0.3, 0.4) is 0 Å². The molecule has 0 atom stereocenters. The fraction of sp³-hybridized carbons (Fsp3) is 0.364. The summed E-state index contributed by atoms with van der Waals surface area (Å²) in [6.07, 6.45) is 0. The van der Waals surface area contributed by atoms with E-state index in [4.69, 9.17) is 5.26 Å². The third kappa shape index (κ3) is 3.16. The molecule has 0 saturated carbocycles. The standard InChI is InChI=1S/C11H14N2/c1-11(2,3)13-10-6-4-5-9(7-10)8-12/h4-7,13H,1-3H3. The lowest BCUT2D eigenvalue weighted by molar-refractivity contribution is 0.634. The van der Waals surface area contributed by atoms with E-state index in [9.17, 15) is 0 Å². The molecular weight excluding hydrogens is 160 g/mol. The van der Waals surface area contributed by atoms with Gasteiger partial charge in [-0.05, 0) is 39.0 Å². The highest BCUT2D eigenvalue weighted by molar-refractivity contribution is 5.50. The van der Waals surface area contributed by atoms with Crippen LogP contribution in [0.5, 0.6) is 0 Å². The van der Waals surface area contributed by atoms with Gasteiger partial charge >= 0.3 is 0 Å². The van der Waals surface area contributed by atoms with Crippen LogP contribution in [0.2, 0.25) is 0 Å². The largest absolute Gasteiger partial charge is 0.380 e. The molecule has 13 heavy (non-hydrogen) atoms. The summed E-state index contributed by atoms with van der Waals surface area (Å²) in [7, 11) is 0. The number of rotatable bonds is 1. The van der Waals surface area contributed by atoms with Crippen LogP contribution in [0, 0.1) is 11.3 Å². The van der Waals surface area contributed by atoms with Gasteiger partial charge in [0.25, 0.3) is 0 Å². The third-order valence-corrected chi connectivity index (χ3v) is 1.51. The van der Waals surface area contributed by atoms with Gasteiger partial charge in [-0.1, -0.05) is 6.07 Å². The van der Waals surface area contributed by atoms with E-state index in [2.05, 4.69) is 32.2 Å². The number of benzene rings is 1. The summed E-state index contributed by atoms with van der Waals surface area (Å²) in [5.74, 6) is 0. The highest BCUT2D eigenvalue weighted by Gasteiger charge is 2.08. The second-order valence-corrected chi connectivity index (χ2v) is 4.07. The lowest BCUT2D eigenvalue weighted by atomic mass is 10.1. The van der Waals surface area contributed by atoms with Crippen molar-refractivity contribution in [2.45, 2.75) is 26.3 Å². The molecule has 2 nitrogen and oxygen atoms in total. The number of nitrogens with zero attached hydrogens (tertiary/aromatic N) is 1. The summed E-state index contributed by atoms with van der Waals surface area (Å²) in [5.41, 5.74) is 1.72. The Balaban J connectivity index is 2.86. The van der Waals surface area contributed by atoms with Crippen LogP contribution in [0.1, 0.15) is 26.3 Å². The molecule has 1 rings (SSSR count). The minimum Gasteiger partial charge on any atom is -0.380 e. The van der Waals surface area contributed by atoms with E-state index in [0.29, 0.717) is 5.56 Å². The van der Waals surface area contributed by atoms with Crippen molar-refractivity contribution in [2.75, 3.05) is 5.32 Å². The van der Waals surface area contributed by atoms with Crippen molar-refractivity contribution >= 4 is 5.69 Å². The average Bonchev–Trinajstić information content (AvgIpc) is 2.01. The zero-order valence-corrected chi connectivity index (χ0v) is 8.26. The van der Waals surface area contributed by atoms with Gasteiger partial charge in [0.15, 0.2) is 0 Å². The minimum absolute atomic E-state index is 0.0358. The van der Waals surface area contributed by atoms with Crippen LogP contribution in [-0.4, -0.2) is 5.54 Å². The number of nitrogens with one attached hydrogen (secondary N) is 1. The molecule has 0 aliphatic carbocycles. The molecule has 68 valence electrons. The van der Waals surface area contributed by atoms with Crippen LogP contribution in [0.15, 0.2) is 24.3 Å². The van der Waals surface area contributed by atoms with E-state index in [0.717, 1.165) is 5.69 Å².